The molecule has 2 rings (SSSR count). The van der Waals surface area contributed by atoms with E-state index in [0.717, 1.165) is 28.4 Å². The molecule has 0 radical (unpaired) electrons. The number of halogens is 1. The van der Waals surface area contributed by atoms with E-state index in [-0.39, 0.29) is 0 Å². The smallest absolute Gasteiger partial charge is 0.0419 e. The Morgan fingerprint density at radius 1 is 1.29 bits per heavy atom. The summed E-state index contributed by atoms with van der Waals surface area (Å²) < 4.78 is 0. The highest BCUT2D eigenvalue weighted by molar-refractivity contribution is 6.30. The summed E-state index contributed by atoms with van der Waals surface area (Å²) in [5.74, 6) is 0. The van der Waals surface area contributed by atoms with Gasteiger partial charge in [0.15, 0.2) is 0 Å². The van der Waals surface area contributed by atoms with Crippen LogP contribution in [0, 0.1) is 0 Å². The van der Waals surface area contributed by atoms with Crippen molar-refractivity contribution in [1.82, 2.24) is 4.98 Å². The van der Waals surface area contributed by atoms with E-state index in [1.165, 1.54) is 0 Å². The van der Waals surface area contributed by atoms with Crippen LogP contribution in [0.2, 0.25) is 5.02 Å². The summed E-state index contributed by atoms with van der Waals surface area (Å²) in [6.45, 7) is 1.20. The molecule has 17 heavy (non-hydrogen) atoms. The van der Waals surface area contributed by atoms with Gasteiger partial charge in [-0.25, -0.2) is 0 Å². The molecule has 1 heterocycles. The SMILES string of the molecule is NCc1cnccc1NCc1cccc(Cl)c1. The van der Waals surface area contributed by atoms with Crippen molar-refractivity contribution < 1.29 is 0 Å². The second kappa shape index (κ2) is 5.66. The van der Waals surface area contributed by atoms with Crippen molar-refractivity contribution in [3.05, 3.63) is 58.9 Å². The van der Waals surface area contributed by atoms with Crippen LogP contribution in [0.25, 0.3) is 0 Å². The molecule has 0 spiro atoms. The van der Waals surface area contributed by atoms with Crippen molar-refractivity contribution in [2.75, 3.05) is 5.32 Å². The third kappa shape index (κ3) is 3.19. The van der Waals surface area contributed by atoms with Crippen LogP contribution in [-0.4, -0.2) is 4.98 Å². The monoisotopic (exact) mass is 247 g/mol. The second-order valence-electron chi connectivity index (χ2n) is 3.72. The number of benzene rings is 1. The van der Waals surface area contributed by atoms with Gasteiger partial charge in [-0.1, -0.05) is 23.7 Å². The number of nitrogens with zero attached hydrogens (tertiary/aromatic N) is 1. The molecule has 0 amide bonds. The van der Waals surface area contributed by atoms with Crippen molar-refractivity contribution >= 4 is 17.3 Å². The lowest BCUT2D eigenvalue weighted by atomic mass is 10.2. The predicted octanol–water partition coefficient (Wildman–Crippen LogP) is 2.81. The summed E-state index contributed by atoms with van der Waals surface area (Å²) in [6, 6.07) is 9.70. The van der Waals surface area contributed by atoms with Gasteiger partial charge in [0.25, 0.3) is 0 Å². The molecule has 3 nitrogen and oxygen atoms in total. The predicted molar refractivity (Wildman–Crippen MR) is 70.9 cm³/mol. The number of aromatic nitrogens is 1. The highest BCUT2D eigenvalue weighted by atomic mass is 35.5. The van der Waals surface area contributed by atoms with Crippen LogP contribution in [0.1, 0.15) is 11.1 Å². The molecule has 0 bridgehead atoms. The van der Waals surface area contributed by atoms with Gasteiger partial charge in [0, 0.05) is 41.8 Å². The molecular formula is C13H14ClN3. The first-order valence-corrected chi connectivity index (χ1v) is 5.78. The summed E-state index contributed by atoms with van der Waals surface area (Å²) in [5, 5.41) is 4.08. The fraction of sp³-hybridized carbons (Fsp3) is 0.154. The normalized spacial score (nSPS) is 10.2. The summed E-state index contributed by atoms with van der Waals surface area (Å²) >= 11 is 5.93. The summed E-state index contributed by atoms with van der Waals surface area (Å²) in [6.07, 6.45) is 3.53. The molecule has 0 fully saturated rings. The molecule has 4 heteroatoms. The van der Waals surface area contributed by atoms with E-state index in [0.29, 0.717) is 6.54 Å². The highest BCUT2D eigenvalue weighted by Gasteiger charge is 2.00. The number of hydrogen-bond acceptors (Lipinski definition) is 3. The first-order valence-electron chi connectivity index (χ1n) is 5.41. The standard InChI is InChI=1S/C13H14ClN3/c14-12-3-1-2-10(6-12)8-17-13-4-5-16-9-11(13)7-15/h1-6,9H,7-8,15H2,(H,16,17). The highest BCUT2D eigenvalue weighted by Crippen LogP contribution is 2.16. The molecule has 1 aromatic heterocycles. The molecular weight excluding hydrogens is 234 g/mol. The maximum Gasteiger partial charge on any atom is 0.0419 e. The minimum absolute atomic E-state index is 0.478. The molecule has 0 saturated heterocycles. The zero-order valence-corrected chi connectivity index (χ0v) is 10.1. The number of pyridine rings is 1. The van der Waals surface area contributed by atoms with Crippen LogP contribution in [0.5, 0.6) is 0 Å². The molecule has 0 atom stereocenters. The Bertz CT molecular complexity index is 500. The number of rotatable bonds is 4. The Kier molecular flexibility index (Phi) is 3.96. The Labute approximate surface area is 106 Å². The summed E-state index contributed by atoms with van der Waals surface area (Å²) in [5.41, 5.74) is 8.80. The van der Waals surface area contributed by atoms with Gasteiger partial charge >= 0.3 is 0 Å². The van der Waals surface area contributed by atoms with Crippen LogP contribution >= 0.6 is 11.6 Å². The molecule has 0 unspecified atom stereocenters. The number of nitrogens with two attached hydrogens (primary N) is 1. The Morgan fingerprint density at radius 2 is 2.18 bits per heavy atom. The van der Waals surface area contributed by atoms with Gasteiger partial charge in [-0.15, -0.1) is 0 Å². The second-order valence-corrected chi connectivity index (χ2v) is 4.16. The summed E-state index contributed by atoms with van der Waals surface area (Å²) in [7, 11) is 0. The van der Waals surface area contributed by atoms with Crippen LogP contribution in [0.4, 0.5) is 5.69 Å². The van der Waals surface area contributed by atoms with Crippen LogP contribution in [-0.2, 0) is 13.1 Å². The molecule has 88 valence electrons. The zero-order chi connectivity index (χ0) is 12.1. The number of anilines is 1. The average molecular weight is 248 g/mol. The minimum atomic E-state index is 0.478. The van der Waals surface area contributed by atoms with Gasteiger partial charge in [-0.3, -0.25) is 4.98 Å². The third-order valence-electron chi connectivity index (χ3n) is 2.50. The lowest BCUT2D eigenvalue weighted by molar-refractivity contribution is 1.03. The van der Waals surface area contributed by atoms with Gasteiger partial charge in [-0.05, 0) is 23.8 Å². The fourth-order valence-corrected chi connectivity index (χ4v) is 1.82. The van der Waals surface area contributed by atoms with Gasteiger partial charge in [0.05, 0.1) is 0 Å². The number of hydrogen-bond donors (Lipinski definition) is 2. The van der Waals surface area contributed by atoms with Crippen LogP contribution in [0.15, 0.2) is 42.7 Å². The van der Waals surface area contributed by atoms with Crippen molar-refractivity contribution in [3.8, 4) is 0 Å². The number of nitrogens with one attached hydrogen (secondary N) is 1. The molecule has 2 aromatic rings. The molecule has 0 aliphatic carbocycles. The van der Waals surface area contributed by atoms with E-state index in [9.17, 15) is 0 Å². The van der Waals surface area contributed by atoms with Crippen molar-refractivity contribution in [1.29, 1.82) is 0 Å². The van der Waals surface area contributed by atoms with E-state index in [1.807, 2.05) is 30.3 Å². The van der Waals surface area contributed by atoms with Crippen LogP contribution < -0.4 is 11.1 Å². The largest absolute Gasteiger partial charge is 0.381 e. The fourth-order valence-electron chi connectivity index (χ4n) is 1.61. The lowest BCUT2D eigenvalue weighted by Crippen LogP contribution is -2.05. The quantitative estimate of drug-likeness (QED) is 0.874. The minimum Gasteiger partial charge on any atom is -0.381 e. The Balaban J connectivity index is 2.07. The topological polar surface area (TPSA) is 50.9 Å². The molecule has 0 aliphatic rings. The van der Waals surface area contributed by atoms with Gasteiger partial charge in [0.2, 0.25) is 0 Å². The van der Waals surface area contributed by atoms with Crippen LogP contribution in [0.3, 0.4) is 0 Å². The Morgan fingerprint density at radius 3 is 2.94 bits per heavy atom. The molecule has 3 N–H and O–H groups in total. The molecule has 1 aromatic carbocycles. The molecule has 0 saturated carbocycles. The first-order chi connectivity index (χ1) is 8.29. The maximum atomic E-state index is 5.93. The van der Waals surface area contributed by atoms with Crippen molar-refractivity contribution in [2.45, 2.75) is 13.1 Å². The molecule has 0 aliphatic heterocycles. The maximum absolute atomic E-state index is 5.93. The van der Waals surface area contributed by atoms with E-state index >= 15 is 0 Å². The van der Waals surface area contributed by atoms with Crippen molar-refractivity contribution in [3.63, 3.8) is 0 Å². The van der Waals surface area contributed by atoms with E-state index < -0.39 is 0 Å². The lowest BCUT2D eigenvalue weighted by Gasteiger charge is -2.10. The van der Waals surface area contributed by atoms with Gasteiger partial charge in [-0.2, -0.15) is 0 Å². The van der Waals surface area contributed by atoms with Gasteiger partial charge < -0.3 is 11.1 Å². The van der Waals surface area contributed by atoms with E-state index in [4.69, 9.17) is 17.3 Å². The van der Waals surface area contributed by atoms with E-state index in [2.05, 4.69) is 10.3 Å². The third-order valence-corrected chi connectivity index (χ3v) is 2.73. The van der Waals surface area contributed by atoms with E-state index in [1.54, 1.807) is 12.4 Å². The average Bonchev–Trinajstić information content (AvgIpc) is 2.37. The van der Waals surface area contributed by atoms with Gasteiger partial charge in [0.1, 0.15) is 0 Å². The zero-order valence-electron chi connectivity index (χ0n) is 9.36. The van der Waals surface area contributed by atoms with Crippen molar-refractivity contribution in [2.24, 2.45) is 5.73 Å². The first kappa shape index (κ1) is 11.9. The summed E-state index contributed by atoms with van der Waals surface area (Å²) in [4.78, 5) is 4.04. The Hall–Kier alpha value is -1.58.